The fourth-order valence-electron chi connectivity index (χ4n) is 4.54. The lowest BCUT2D eigenvalue weighted by Crippen LogP contribution is -2.29. The highest BCUT2D eigenvalue weighted by Crippen LogP contribution is 2.43. The molecule has 0 saturated carbocycles. The monoisotopic (exact) mass is 517 g/mol. The molecule has 190 valence electrons. The number of carbonyl (C=O) groups excluding carboxylic acids is 2. The number of amides is 1. The second kappa shape index (κ2) is 10.1. The third kappa shape index (κ3) is 4.48. The summed E-state index contributed by atoms with van der Waals surface area (Å²) in [5.41, 5.74) is 2.14. The minimum Gasteiger partial charge on any atom is -0.505 e. The van der Waals surface area contributed by atoms with Crippen LogP contribution in [0.2, 0.25) is 0 Å². The van der Waals surface area contributed by atoms with Crippen molar-refractivity contribution in [3.63, 3.8) is 0 Å². The number of aliphatic hydroxyl groups is 1. The zero-order valence-electron chi connectivity index (χ0n) is 20.8. The van der Waals surface area contributed by atoms with Gasteiger partial charge in [0.1, 0.15) is 22.1 Å². The zero-order chi connectivity index (χ0) is 26.1. The predicted octanol–water partition coefficient (Wildman–Crippen LogP) is 5.00. The molecule has 4 aromatic rings. The average Bonchev–Trinajstić information content (AvgIpc) is 3.55. The van der Waals surface area contributed by atoms with Gasteiger partial charge >= 0.3 is 5.91 Å². The summed E-state index contributed by atoms with van der Waals surface area (Å²) in [5.74, 6) is -1.15. The minimum absolute atomic E-state index is 0.0248. The van der Waals surface area contributed by atoms with E-state index in [9.17, 15) is 14.7 Å². The molecule has 1 unspecified atom stereocenters. The standard InChI is InChI=1S/C27H27N5O4S/c1-4-5-8-15-36-19-12-10-18(11-13-19)23-21(25(34)26(35)32(23)27-30-29-17(3)37-27)24(33)22-16(2)28-20-9-6-7-14-31(20)22/h6-7,9-14,23,33H,4-5,8,15H2,1-3H3/b24-21+. The number of ether oxygens (including phenoxy) is 1. The number of nitrogens with zero attached hydrogens (tertiary/aromatic N) is 5. The summed E-state index contributed by atoms with van der Waals surface area (Å²) in [6.45, 7) is 6.29. The van der Waals surface area contributed by atoms with Crippen molar-refractivity contribution < 1.29 is 19.4 Å². The molecule has 1 aliphatic rings. The number of aromatic nitrogens is 4. The van der Waals surface area contributed by atoms with Crippen LogP contribution in [-0.4, -0.2) is 43.0 Å². The second-order valence-corrected chi connectivity index (χ2v) is 10.0. The Morgan fingerprint density at radius 3 is 2.57 bits per heavy atom. The topological polar surface area (TPSA) is 110 Å². The van der Waals surface area contributed by atoms with E-state index in [2.05, 4.69) is 22.1 Å². The largest absolute Gasteiger partial charge is 0.505 e. The maximum absolute atomic E-state index is 13.4. The van der Waals surface area contributed by atoms with Crippen molar-refractivity contribution in [2.24, 2.45) is 0 Å². The molecule has 9 nitrogen and oxygen atoms in total. The molecule has 1 saturated heterocycles. The number of imidazole rings is 1. The number of hydrogen-bond acceptors (Lipinski definition) is 8. The predicted molar refractivity (Wildman–Crippen MR) is 141 cm³/mol. The molecular formula is C27H27N5O4S. The lowest BCUT2D eigenvalue weighted by Gasteiger charge is -2.22. The van der Waals surface area contributed by atoms with E-state index >= 15 is 0 Å². The fraction of sp³-hybridized carbons (Fsp3) is 0.296. The van der Waals surface area contributed by atoms with Crippen LogP contribution >= 0.6 is 11.3 Å². The van der Waals surface area contributed by atoms with E-state index in [0.717, 1.165) is 19.3 Å². The number of anilines is 1. The Bertz CT molecular complexity index is 1500. The number of unbranched alkanes of at least 4 members (excludes halogenated alkanes) is 2. The molecule has 4 heterocycles. The molecule has 0 radical (unpaired) electrons. The van der Waals surface area contributed by atoms with Gasteiger partial charge in [-0.05, 0) is 50.1 Å². The summed E-state index contributed by atoms with van der Waals surface area (Å²) in [7, 11) is 0. The molecule has 0 aliphatic carbocycles. The zero-order valence-corrected chi connectivity index (χ0v) is 21.7. The van der Waals surface area contributed by atoms with Gasteiger partial charge in [0.25, 0.3) is 5.78 Å². The van der Waals surface area contributed by atoms with Crippen molar-refractivity contribution in [3.05, 3.63) is 76.2 Å². The minimum atomic E-state index is -0.893. The molecule has 1 amide bonds. The average molecular weight is 518 g/mol. The summed E-state index contributed by atoms with van der Waals surface area (Å²) in [5, 5.41) is 20.7. The quantitative estimate of drug-likeness (QED) is 0.152. The van der Waals surface area contributed by atoms with E-state index in [0.29, 0.717) is 45.1 Å². The van der Waals surface area contributed by atoms with Crippen LogP contribution in [0.3, 0.4) is 0 Å². The van der Waals surface area contributed by atoms with Gasteiger partial charge in [0, 0.05) is 6.20 Å². The van der Waals surface area contributed by atoms with Crippen molar-refractivity contribution >= 4 is 39.6 Å². The maximum atomic E-state index is 13.4. The summed E-state index contributed by atoms with van der Waals surface area (Å²) < 4.78 is 7.54. The number of pyridine rings is 1. The highest BCUT2D eigenvalue weighted by Gasteiger charge is 2.48. The van der Waals surface area contributed by atoms with Crippen LogP contribution in [0.25, 0.3) is 11.4 Å². The van der Waals surface area contributed by atoms with Crippen LogP contribution in [0.15, 0.2) is 54.2 Å². The van der Waals surface area contributed by atoms with Crippen molar-refractivity contribution in [2.45, 2.75) is 46.1 Å². The fourth-order valence-corrected chi connectivity index (χ4v) is 5.26. The summed E-state index contributed by atoms with van der Waals surface area (Å²) in [6.07, 6.45) is 4.93. The molecule has 1 aliphatic heterocycles. The molecule has 1 atom stereocenters. The first-order valence-corrected chi connectivity index (χ1v) is 13.0. The van der Waals surface area contributed by atoms with Gasteiger partial charge in [-0.2, -0.15) is 0 Å². The molecule has 1 N–H and O–H groups in total. The Morgan fingerprint density at radius 1 is 1.08 bits per heavy atom. The van der Waals surface area contributed by atoms with Crippen molar-refractivity contribution in [1.29, 1.82) is 0 Å². The lowest BCUT2D eigenvalue weighted by molar-refractivity contribution is -0.132. The summed E-state index contributed by atoms with van der Waals surface area (Å²) in [4.78, 5) is 32.6. The third-order valence-corrected chi connectivity index (χ3v) is 7.14. The molecule has 37 heavy (non-hydrogen) atoms. The number of fused-ring (bicyclic) bond motifs is 1. The van der Waals surface area contributed by atoms with Crippen LogP contribution in [-0.2, 0) is 9.59 Å². The SMILES string of the molecule is CCCCCOc1ccc(C2/C(=C(\O)c3c(C)nc4ccccn34)C(=O)C(=O)N2c2nnc(C)s2)cc1. The number of Topliss-reactive ketones (excluding diaryl/α,β-unsaturated/α-hetero) is 1. The van der Waals surface area contributed by atoms with E-state index in [1.165, 1.54) is 16.2 Å². The molecule has 0 spiro atoms. The van der Waals surface area contributed by atoms with Crippen molar-refractivity contribution in [1.82, 2.24) is 19.6 Å². The number of benzene rings is 1. The Kier molecular flexibility index (Phi) is 6.75. The highest BCUT2D eigenvalue weighted by atomic mass is 32.1. The van der Waals surface area contributed by atoms with E-state index in [-0.39, 0.29) is 11.3 Å². The first-order chi connectivity index (χ1) is 17.9. The van der Waals surface area contributed by atoms with Gasteiger partial charge in [-0.3, -0.25) is 18.9 Å². The number of aliphatic hydroxyl groups excluding tert-OH is 1. The van der Waals surface area contributed by atoms with Crippen LogP contribution in [0.4, 0.5) is 5.13 Å². The Balaban J connectivity index is 1.62. The molecule has 0 bridgehead atoms. The van der Waals surface area contributed by atoms with Crippen LogP contribution in [0.5, 0.6) is 5.75 Å². The normalized spacial score (nSPS) is 17.2. The van der Waals surface area contributed by atoms with Crippen LogP contribution < -0.4 is 9.64 Å². The van der Waals surface area contributed by atoms with Gasteiger partial charge in [0.15, 0.2) is 5.76 Å². The third-order valence-electron chi connectivity index (χ3n) is 6.31. The van der Waals surface area contributed by atoms with Gasteiger partial charge in [0.05, 0.1) is 23.9 Å². The number of hydrogen-bond donors (Lipinski definition) is 1. The molecule has 3 aromatic heterocycles. The lowest BCUT2D eigenvalue weighted by atomic mass is 9.96. The van der Waals surface area contributed by atoms with E-state index in [4.69, 9.17) is 4.74 Å². The number of aryl methyl sites for hydroxylation is 2. The summed E-state index contributed by atoms with van der Waals surface area (Å²) >= 11 is 1.21. The number of rotatable bonds is 8. The molecule has 1 fully saturated rings. The number of ketones is 1. The Hall–Kier alpha value is -4.05. The van der Waals surface area contributed by atoms with E-state index < -0.39 is 17.7 Å². The van der Waals surface area contributed by atoms with Crippen molar-refractivity contribution in [2.75, 3.05) is 11.5 Å². The first-order valence-electron chi connectivity index (χ1n) is 12.2. The molecular weight excluding hydrogens is 490 g/mol. The highest BCUT2D eigenvalue weighted by molar-refractivity contribution is 7.15. The van der Waals surface area contributed by atoms with Crippen molar-refractivity contribution in [3.8, 4) is 5.75 Å². The molecule has 1 aromatic carbocycles. The van der Waals surface area contributed by atoms with Gasteiger partial charge in [0.2, 0.25) is 5.13 Å². The van der Waals surface area contributed by atoms with Gasteiger partial charge < -0.3 is 9.84 Å². The smallest absolute Gasteiger partial charge is 0.301 e. The second-order valence-electron chi connectivity index (χ2n) is 8.87. The van der Waals surface area contributed by atoms with Gasteiger partial charge in [-0.1, -0.05) is 49.3 Å². The van der Waals surface area contributed by atoms with Crippen LogP contribution in [0, 0.1) is 13.8 Å². The van der Waals surface area contributed by atoms with Gasteiger partial charge in [-0.25, -0.2) is 4.98 Å². The maximum Gasteiger partial charge on any atom is 0.301 e. The number of carbonyl (C=O) groups is 2. The Morgan fingerprint density at radius 2 is 1.86 bits per heavy atom. The first kappa shape index (κ1) is 24.6. The molecule has 10 heteroatoms. The Labute approximate surface area is 218 Å². The summed E-state index contributed by atoms with van der Waals surface area (Å²) in [6, 6.07) is 11.8. The van der Waals surface area contributed by atoms with E-state index in [1.54, 1.807) is 36.6 Å². The van der Waals surface area contributed by atoms with Gasteiger partial charge in [-0.15, -0.1) is 10.2 Å². The molecule has 5 rings (SSSR count). The van der Waals surface area contributed by atoms with E-state index in [1.807, 2.05) is 30.3 Å². The van der Waals surface area contributed by atoms with Crippen LogP contribution in [0.1, 0.15) is 54.2 Å².